The Morgan fingerprint density at radius 1 is 1.17 bits per heavy atom. The summed E-state index contributed by atoms with van der Waals surface area (Å²) in [6.07, 6.45) is 2.37. The lowest BCUT2D eigenvalue weighted by Gasteiger charge is -2.24. The van der Waals surface area contributed by atoms with E-state index in [9.17, 15) is 4.79 Å². The van der Waals surface area contributed by atoms with Gasteiger partial charge in [-0.2, -0.15) is 0 Å². The van der Waals surface area contributed by atoms with Crippen molar-refractivity contribution < 1.29 is 4.79 Å². The summed E-state index contributed by atoms with van der Waals surface area (Å²) in [7, 11) is 1.93. The highest BCUT2D eigenvalue weighted by atomic mass is 16.2. The number of nitrogens with one attached hydrogen (secondary N) is 1. The molecule has 118 valence electrons. The van der Waals surface area contributed by atoms with Crippen molar-refractivity contribution in [2.75, 3.05) is 7.05 Å². The molecule has 3 nitrogen and oxygen atoms in total. The van der Waals surface area contributed by atoms with Gasteiger partial charge >= 0.3 is 0 Å². The molecule has 0 heterocycles. The summed E-state index contributed by atoms with van der Waals surface area (Å²) in [6.45, 7) is 2.30. The highest BCUT2D eigenvalue weighted by Crippen LogP contribution is 2.52. The molecule has 3 heteroatoms. The lowest BCUT2D eigenvalue weighted by Crippen LogP contribution is -2.37. The van der Waals surface area contributed by atoms with Crippen LogP contribution in [0.2, 0.25) is 0 Å². The average Bonchev–Trinajstić information content (AvgIpc) is 2.81. The summed E-state index contributed by atoms with van der Waals surface area (Å²) < 4.78 is 0. The zero-order valence-corrected chi connectivity index (χ0v) is 13.7. The van der Waals surface area contributed by atoms with Gasteiger partial charge in [-0.05, 0) is 46.6 Å². The number of hydrogen-bond acceptors (Lipinski definition) is 2. The smallest absolute Gasteiger partial charge is 0.231 e. The number of carbonyl (C=O) groups is 1. The highest BCUT2D eigenvalue weighted by Gasteiger charge is 2.38. The van der Waals surface area contributed by atoms with Gasteiger partial charge in [-0.15, -0.1) is 0 Å². The first-order valence-electron chi connectivity index (χ1n) is 8.31. The Kier molecular flexibility index (Phi) is 3.46. The third kappa shape index (κ3) is 2.45. The molecule has 2 aromatic carbocycles. The molecule has 2 atom stereocenters. The van der Waals surface area contributed by atoms with Crippen LogP contribution < -0.4 is 5.43 Å². The molecule has 2 bridgehead atoms. The van der Waals surface area contributed by atoms with Crippen LogP contribution in [0.5, 0.6) is 0 Å². The number of fused-ring (bicyclic) bond motifs is 7. The molecule has 0 spiro atoms. The van der Waals surface area contributed by atoms with Gasteiger partial charge in [-0.3, -0.25) is 10.2 Å². The van der Waals surface area contributed by atoms with Crippen molar-refractivity contribution >= 4 is 5.91 Å². The van der Waals surface area contributed by atoms with E-state index in [2.05, 4.69) is 47.9 Å². The molecular weight excluding hydrogens is 284 g/mol. The summed E-state index contributed by atoms with van der Waals surface area (Å²) in [5.41, 5.74) is 10.2. The lowest BCUT2D eigenvalue weighted by atomic mass is 9.81. The first-order valence-corrected chi connectivity index (χ1v) is 8.31. The normalized spacial score (nSPS) is 21.0. The predicted octanol–water partition coefficient (Wildman–Crippen LogP) is 3.34. The molecule has 0 fully saturated rings. The Morgan fingerprint density at radius 2 is 1.96 bits per heavy atom. The maximum Gasteiger partial charge on any atom is 0.231 e. The fraction of sp³-hybridized carbons (Fsp3) is 0.350. The average molecular weight is 306 g/mol. The van der Waals surface area contributed by atoms with E-state index in [-0.39, 0.29) is 5.91 Å². The van der Waals surface area contributed by atoms with E-state index in [4.69, 9.17) is 0 Å². The van der Waals surface area contributed by atoms with Crippen LogP contribution in [0, 0.1) is 0 Å². The van der Waals surface area contributed by atoms with Crippen LogP contribution in [0.4, 0.5) is 0 Å². The van der Waals surface area contributed by atoms with Gasteiger partial charge in [0.2, 0.25) is 5.91 Å². The number of hydrogen-bond donors (Lipinski definition) is 1. The second-order valence-electron chi connectivity index (χ2n) is 6.83. The highest BCUT2D eigenvalue weighted by molar-refractivity contribution is 5.72. The Bertz CT molecular complexity index is 768. The second kappa shape index (κ2) is 5.50. The molecule has 0 aromatic heterocycles. The van der Waals surface area contributed by atoms with Crippen LogP contribution in [0.25, 0.3) is 0 Å². The van der Waals surface area contributed by atoms with E-state index >= 15 is 0 Å². The third-order valence-corrected chi connectivity index (χ3v) is 5.19. The van der Waals surface area contributed by atoms with Crippen LogP contribution in [-0.4, -0.2) is 18.0 Å². The van der Waals surface area contributed by atoms with Crippen molar-refractivity contribution in [2.45, 2.75) is 38.1 Å². The molecule has 0 saturated carbocycles. The Morgan fingerprint density at radius 3 is 2.78 bits per heavy atom. The monoisotopic (exact) mass is 306 g/mol. The van der Waals surface area contributed by atoms with E-state index in [1.807, 2.05) is 12.1 Å². The first kappa shape index (κ1) is 14.5. The van der Waals surface area contributed by atoms with E-state index in [0.29, 0.717) is 11.8 Å². The Labute approximate surface area is 137 Å². The number of carbonyl (C=O) groups excluding carboxylic acids is 1. The minimum absolute atomic E-state index is 0.0220. The summed E-state index contributed by atoms with van der Waals surface area (Å²) >= 11 is 0. The van der Waals surface area contributed by atoms with Crippen LogP contribution in [0.15, 0.2) is 42.5 Å². The second-order valence-corrected chi connectivity index (χ2v) is 6.83. The molecule has 0 aliphatic heterocycles. The Balaban J connectivity index is 1.71. The van der Waals surface area contributed by atoms with Crippen molar-refractivity contribution in [1.82, 2.24) is 10.4 Å². The van der Waals surface area contributed by atoms with Crippen molar-refractivity contribution in [2.24, 2.45) is 0 Å². The molecule has 23 heavy (non-hydrogen) atoms. The lowest BCUT2D eigenvalue weighted by molar-refractivity contribution is -0.123. The molecule has 2 unspecified atom stereocenters. The fourth-order valence-corrected chi connectivity index (χ4v) is 4.47. The maximum atomic E-state index is 11.3. The van der Waals surface area contributed by atoms with E-state index in [1.54, 1.807) is 6.92 Å². The van der Waals surface area contributed by atoms with Gasteiger partial charge in [0.25, 0.3) is 0 Å². The maximum absolute atomic E-state index is 11.3. The molecular formula is C20H22N2O. The summed E-state index contributed by atoms with van der Waals surface area (Å²) in [5, 5.41) is 1.88. The molecule has 4 rings (SSSR count). The molecule has 2 aromatic rings. The third-order valence-electron chi connectivity index (χ3n) is 5.19. The van der Waals surface area contributed by atoms with Gasteiger partial charge in [0, 0.05) is 26.4 Å². The van der Waals surface area contributed by atoms with Gasteiger partial charge in [0.15, 0.2) is 0 Å². The van der Waals surface area contributed by atoms with E-state index in [1.165, 1.54) is 34.2 Å². The summed E-state index contributed by atoms with van der Waals surface area (Å²) in [5.74, 6) is 1.14. The van der Waals surface area contributed by atoms with Gasteiger partial charge in [0.1, 0.15) is 0 Å². The first-order chi connectivity index (χ1) is 11.1. The number of hydrazine groups is 1. The standard InChI is InChI=1S/C20H22N2O/c1-13(23)21-22(2)12-15-7-5-9-18-19-11-16(20(15)18)10-14-6-3-4-8-17(14)19/h3-9,16,19H,10-12H2,1-2H3,(H,21,23). The van der Waals surface area contributed by atoms with E-state index in [0.717, 1.165) is 13.0 Å². The number of nitrogens with zero attached hydrogens (tertiary/aromatic N) is 1. The molecule has 2 aliphatic rings. The van der Waals surface area contributed by atoms with Crippen LogP contribution in [0.1, 0.15) is 53.0 Å². The molecule has 0 saturated heterocycles. The summed E-state index contributed by atoms with van der Waals surface area (Å²) in [4.78, 5) is 11.3. The van der Waals surface area contributed by atoms with Gasteiger partial charge < -0.3 is 0 Å². The summed E-state index contributed by atoms with van der Waals surface area (Å²) in [6, 6.07) is 15.6. The van der Waals surface area contributed by atoms with Crippen LogP contribution in [0.3, 0.4) is 0 Å². The van der Waals surface area contributed by atoms with E-state index < -0.39 is 0 Å². The molecule has 1 N–H and O–H groups in total. The SMILES string of the molecule is CC(=O)NN(C)Cc1cccc2c1C1Cc3ccccc3C2C1. The Hall–Kier alpha value is -2.13. The predicted molar refractivity (Wildman–Crippen MR) is 91.1 cm³/mol. The zero-order chi connectivity index (χ0) is 16.0. The quantitative estimate of drug-likeness (QED) is 0.882. The largest absolute Gasteiger partial charge is 0.289 e. The molecule has 2 aliphatic carbocycles. The number of amides is 1. The minimum atomic E-state index is -0.0220. The van der Waals surface area contributed by atoms with Crippen molar-refractivity contribution in [3.8, 4) is 0 Å². The van der Waals surface area contributed by atoms with Crippen molar-refractivity contribution in [1.29, 1.82) is 0 Å². The van der Waals surface area contributed by atoms with Crippen LogP contribution in [-0.2, 0) is 17.8 Å². The van der Waals surface area contributed by atoms with Crippen molar-refractivity contribution in [3.05, 3.63) is 70.3 Å². The number of benzene rings is 2. The van der Waals surface area contributed by atoms with Crippen LogP contribution >= 0.6 is 0 Å². The fourth-order valence-electron chi connectivity index (χ4n) is 4.47. The topological polar surface area (TPSA) is 32.3 Å². The number of rotatable bonds is 3. The minimum Gasteiger partial charge on any atom is -0.289 e. The molecule has 0 radical (unpaired) electrons. The van der Waals surface area contributed by atoms with Gasteiger partial charge in [0.05, 0.1) is 0 Å². The van der Waals surface area contributed by atoms with Crippen molar-refractivity contribution in [3.63, 3.8) is 0 Å². The molecule has 1 amide bonds. The van der Waals surface area contributed by atoms with Gasteiger partial charge in [-0.1, -0.05) is 42.5 Å². The van der Waals surface area contributed by atoms with Gasteiger partial charge in [-0.25, -0.2) is 5.01 Å². The zero-order valence-electron chi connectivity index (χ0n) is 13.7.